The standard InChI is InChI=1S/C22H22N2O2S/c1-2-12-24-21(26)18-8-3-4-9-19(18)23-22(24)27-14-20(25)17-11-10-15-6-5-7-16(15)13-17/h3-4,8-11,13H,2,5-7,12,14H2,1H3. The highest BCUT2D eigenvalue weighted by atomic mass is 32.2. The summed E-state index contributed by atoms with van der Waals surface area (Å²) in [6.07, 6.45) is 4.19. The average molecular weight is 378 g/mol. The molecule has 4 rings (SSSR count). The second kappa shape index (κ2) is 7.69. The first-order valence-corrected chi connectivity index (χ1v) is 10.4. The smallest absolute Gasteiger partial charge is 0.262 e. The molecule has 1 aliphatic rings. The topological polar surface area (TPSA) is 52.0 Å². The Bertz CT molecular complexity index is 1070. The molecule has 2 aromatic carbocycles. The van der Waals surface area contributed by atoms with E-state index < -0.39 is 0 Å². The molecule has 0 N–H and O–H groups in total. The molecule has 1 aliphatic carbocycles. The summed E-state index contributed by atoms with van der Waals surface area (Å²) in [4.78, 5) is 30.2. The number of thioether (sulfide) groups is 1. The SMILES string of the molecule is CCCn1c(SCC(=O)c2ccc3c(c2)CCC3)nc2ccccc2c1=O. The largest absolute Gasteiger partial charge is 0.293 e. The van der Waals surface area contributed by atoms with Crippen LogP contribution in [0.3, 0.4) is 0 Å². The van der Waals surface area contributed by atoms with Crippen LogP contribution in [0.15, 0.2) is 52.4 Å². The van der Waals surface area contributed by atoms with E-state index in [2.05, 4.69) is 11.1 Å². The lowest BCUT2D eigenvalue weighted by atomic mass is 10.0. The van der Waals surface area contributed by atoms with Gasteiger partial charge in [-0.25, -0.2) is 4.98 Å². The van der Waals surface area contributed by atoms with Gasteiger partial charge in [0.25, 0.3) is 5.56 Å². The fraction of sp³-hybridized carbons (Fsp3) is 0.318. The van der Waals surface area contributed by atoms with E-state index in [1.54, 1.807) is 10.6 Å². The molecule has 0 radical (unpaired) electrons. The maximum atomic E-state index is 12.8. The molecule has 0 saturated carbocycles. The van der Waals surface area contributed by atoms with Crippen LogP contribution in [0.4, 0.5) is 0 Å². The summed E-state index contributed by atoms with van der Waals surface area (Å²) >= 11 is 1.35. The zero-order valence-corrected chi connectivity index (χ0v) is 16.2. The van der Waals surface area contributed by atoms with Gasteiger partial charge < -0.3 is 0 Å². The van der Waals surface area contributed by atoms with Gasteiger partial charge in [0.1, 0.15) is 0 Å². The van der Waals surface area contributed by atoms with Crippen LogP contribution in [0.2, 0.25) is 0 Å². The number of aryl methyl sites for hydroxylation is 2. The van der Waals surface area contributed by atoms with Gasteiger partial charge in [0.05, 0.1) is 16.7 Å². The molecule has 1 aromatic heterocycles. The molecular weight excluding hydrogens is 356 g/mol. The lowest BCUT2D eigenvalue weighted by Crippen LogP contribution is -2.23. The highest BCUT2D eigenvalue weighted by molar-refractivity contribution is 7.99. The minimum Gasteiger partial charge on any atom is -0.293 e. The molecule has 27 heavy (non-hydrogen) atoms. The zero-order valence-electron chi connectivity index (χ0n) is 15.4. The van der Waals surface area contributed by atoms with Gasteiger partial charge in [0.15, 0.2) is 10.9 Å². The summed E-state index contributed by atoms with van der Waals surface area (Å²) in [5.74, 6) is 0.368. The molecule has 0 unspecified atom stereocenters. The first kappa shape index (κ1) is 18.0. The van der Waals surface area contributed by atoms with Crippen molar-refractivity contribution >= 4 is 28.4 Å². The van der Waals surface area contributed by atoms with Crippen LogP contribution in [-0.2, 0) is 19.4 Å². The van der Waals surface area contributed by atoms with Gasteiger partial charge in [-0.1, -0.05) is 43.0 Å². The van der Waals surface area contributed by atoms with Crippen LogP contribution in [0, 0.1) is 0 Å². The number of hydrogen-bond donors (Lipinski definition) is 0. The van der Waals surface area contributed by atoms with Gasteiger partial charge in [-0.2, -0.15) is 0 Å². The van der Waals surface area contributed by atoms with Crippen LogP contribution < -0.4 is 5.56 Å². The second-order valence-electron chi connectivity index (χ2n) is 6.92. The molecule has 0 saturated heterocycles. The van der Waals surface area contributed by atoms with E-state index in [0.29, 0.717) is 22.6 Å². The van der Waals surface area contributed by atoms with Gasteiger partial charge >= 0.3 is 0 Å². The Balaban J connectivity index is 1.60. The predicted octanol–water partition coefficient (Wildman–Crippen LogP) is 4.27. The summed E-state index contributed by atoms with van der Waals surface area (Å²) in [6.45, 7) is 2.64. The zero-order chi connectivity index (χ0) is 18.8. The van der Waals surface area contributed by atoms with E-state index in [4.69, 9.17) is 0 Å². The van der Waals surface area contributed by atoms with Crippen LogP contribution in [-0.4, -0.2) is 21.1 Å². The average Bonchev–Trinajstić information content (AvgIpc) is 3.16. The Labute approximate surface area is 162 Å². The Morgan fingerprint density at radius 3 is 2.81 bits per heavy atom. The van der Waals surface area contributed by atoms with E-state index in [0.717, 1.165) is 24.8 Å². The summed E-state index contributed by atoms with van der Waals surface area (Å²) in [7, 11) is 0. The third-order valence-electron chi connectivity index (χ3n) is 5.03. The van der Waals surface area contributed by atoms with Crippen molar-refractivity contribution in [3.8, 4) is 0 Å². The number of nitrogens with zero attached hydrogens (tertiary/aromatic N) is 2. The minimum atomic E-state index is -0.0325. The van der Waals surface area contributed by atoms with Crippen molar-refractivity contribution in [2.75, 3.05) is 5.75 Å². The first-order valence-electron chi connectivity index (χ1n) is 9.44. The van der Waals surface area contributed by atoms with Gasteiger partial charge in [0, 0.05) is 12.1 Å². The fourth-order valence-corrected chi connectivity index (χ4v) is 4.56. The van der Waals surface area contributed by atoms with Crippen molar-refractivity contribution in [2.45, 2.75) is 44.3 Å². The maximum Gasteiger partial charge on any atom is 0.262 e. The molecule has 0 atom stereocenters. The Kier molecular flexibility index (Phi) is 5.12. The molecule has 1 heterocycles. The van der Waals surface area contributed by atoms with Crippen LogP contribution in [0.1, 0.15) is 41.3 Å². The van der Waals surface area contributed by atoms with Gasteiger partial charge in [0.2, 0.25) is 0 Å². The highest BCUT2D eigenvalue weighted by Gasteiger charge is 2.16. The lowest BCUT2D eigenvalue weighted by molar-refractivity contribution is 0.102. The molecule has 5 heteroatoms. The highest BCUT2D eigenvalue weighted by Crippen LogP contribution is 2.24. The number of benzene rings is 2. The number of rotatable bonds is 6. The van der Waals surface area contributed by atoms with E-state index in [1.807, 2.05) is 37.3 Å². The predicted molar refractivity (Wildman–Crippen MR) is 110 cm³/mol. The maximum absolute atomic E-state index is 12.8. The number of hydrogen-bond acceptors (Lipinski definition) is 4. The summed E-state index contributed by atoms with van der Waals surface area (Å²) < 4.78 is 1.70. The number of aromatic nitrogens is 2. The minimum absolute atomic E-state index is 0.0325. The number of carbonyl (C=O) groups is 1. The first-order chi connectivity index (χ1) is 13.2. The molecule has 3 aromatic rings. The fourth-order valence-electron chi connectivity index (χ4n) is 3.64. The molecule has 0 spiro atoms. The molecular formula is C22H22N2O2S. The lowest BCUT2D eigenvalue weighted by Gasteiger charge is -2.12. The Morgan fingerprint density at radius 2 is 1.96 bits per heavy atom. The van der Waals surface area contributed by atoms with E-state index >= 15 is 0 Å². The number of ketones is 1. The normalized spacial score (nSPS) is 13.1. The summed E-state index contributed by atoms with van der Waals surface area (Å²) in [5, 5.41) is 1.25. The molecule has 0 aliphatic heterocycles. The van der Waals surface area contributed by atoms with Crippen molar-refractivity contribution < 1.29 is 4.79 Å². The molecule has 0 bridgehead atoms. The second-order valence-corrected chi connectivity index (χ2v) is 7.86. The third kappa shape index (κ3) is 3.56. The van der Waals surface area contributed by atoms with Crippen LogP contribution >= 0.6 is 11.8 Å². The molecule has 0 amide bonds. The number of fused-ring (bicyclic) bond motifs is 2. The number of carbonyl (C=O) groups excluding carboxylic acids is 1. The Hall–Kier alpha value is -2.40. The van der Waals surface area contributed by atoms with Crippen LogP contribution in [0.5, 0.6) is 0 Å². The molecule has 138 valence electrons. The van der Waals surface area contributed by atoms with E-state index in [1.165, 1.54) is 29.3 Å². The van der Waals surface area contributed by atoms with Gasteiger partial charge in [-0.3, -0.25) is 14.2 Å². The number of Topliss-reactive ketones (excluding diaryl/α,β-unsaturated/α-hetero) is 1. The molecule has 4 nitrogen and oxygen atoms in total. The van der Waals surface area contributed by atoms with E-state index in [-0.39, 0.29) is 17.1 Å². The van der Waals surface area contributed by atoms with Crippen molar-refractivity contribution in [2.24, 2.45) is 0 Å². The monoisotopic (exact) mass is 378 g/mol. The van der Waals surface area contributed by atoms with Crippen molar-refractivity contribution in [1.82, 2.24) is 9.55 Å². The van der Waals surface area contributed by atoms with Crippen molar-refractivity contribution in [3.05, 3.63) is 69.5 Å². The van der Waals surface area contributed by atoms with Crippen LogP contribution in [0.25, 0.3) is 10.9 Å². The summed E-state index contributed by atoms with van der Waals surface area (Å²) in [6, 6.07) is 13.4. The van der Waals surface area contributed by atoms with Crippen molar-refractivity contribution in [3.63, 3.8) is 0 Å². The quantitative estimate of drug-likeness (QED) is 0.365. The van der Waals surface area contributed by atoms with Crippen molar-refractivity contribution in [1.29, 1.82) is 0 Å². The third-order valence-corrected chi connectivity index (χ3v) is 6.00. The Morgan fingerprint density at radius 1 is 1.15 bits per heavy atom. The van der Waals surface area contributed by atoms with E-state index in [9.17, 15) is 9.59 Å². The van der Waals surface area contributed by atoms with Gasteiger partial charge in [-0.15, -0.1) is 0 Å². The van der Waals surface area contributed by atoms with Gasteiger partial charge in [-0.05, 0) is 55.0 Å². The summed E-state index contributed by atoms with van der Waals surface area (Å²) in [5.41, 5.74) is 4.08. The number of para-hydroxylation sites is 1. The molecule has 0 fully saturated rings.